The van der Waals surface area contributed by atoms with Crippen molar-refractivity contribution in [2.24, 2.45) is 0 Å². The van der Waals surface area contributed by atoms with Gasteiger partial charge in [0, 0.05) is 23.9 Å². The van der Waals surface area contributed by atoms with E-state index in [0.29, 0.717) is 6.54 Å². The van der Waals surface area contributed by atoms with E-state index in [9.17, 15) is 4.79 Å². The molecule has 1 aromatic heterocycles. The number of likely N-dealkylation sites (N-methyl/N-ethyl adjacent to an activating group) is 1. The van der Waals surface area contributed by atoms with E-state index < -0.39 is 0 Å². The molecule has 0 bridgehead atoms. The van der Waals surface area contributed by atoms with Crippen LogP contribution < -0.4 is 10.1 Å². The van der Waals surface area contributed by atoms with Crippen LogP contribution in [0.15, 0.2) is 60.7 Å². The van der Waals surface area contributed by atoms with Gasteiger partial charge in [-0.1, -0.05) is 30.3 Å². The molecule has 162 valence electrons. The van der Waals surface area contributed by atoms with Crippen molar-refractivity contribution in [1.29, 1.82) is 0 Å². The Morgan fingerprint density at radius 2 is 1.90 bits per heavy atom. The Hall–Kier alpha value is -3.38. The summed E-state index contributed by atoms with van der Waals surface area (Å²) in [5.74, 6) is 0.665. The van der Waals surface area contributed by atoms with Crippen molar-refractivity contribution in [3.8, 4) is 11.4 Å². The lowest BCUT2D eigenvalue weighted by Gasteiger charge is -2.25. The number of aromatic nitrogens is 2. The second kappa shape index (κ2) is 10.1. The van der Waals surface area contributed by atoms with Crippen molar-refractivity contribution in [3.63, 3.8) is 0 Å². The zero-order valence-electron chi connectivity index (χ0n) is 18.8. The second-order valence-electron chi connectivity index (χ2n) is 7.67. The molecule has 0 radical (unpaired) electrons. The van der Waals surface area contributed by atoms with E-state index in [0.717, 1.165) is 34.0 Å². The Bertz CT molecular complexity index is 1050. The van der Waals surface area contributed by atoms with Crippen molar-refractivity contribution in [3.05, 3.63) is 83.2 Å². The van der Waals surface area contributed by atoms with Gasteiger partial charge >= 0.3 is 0 Å². The van der Waals surface area contributed by atoms with Crippen LogP contribution in [0.4, 0.5) is 0 Å². The summed E-state index contributed by atoms with van der Waals surface area (Å²) in [7, 11) is 5.65. The summed E-state index contributed by atoms with van der Waals surface area (Å²) in [6.07, 6.45) is 3.41. The van der Waals surface area contributed by atoms with E-state index in [1.807, 2.05) is 93.3 Å². The molecule has 31 heavy (non-hydrogen) atoms. The summed E-state index contributed by atoms with van der Waals surface area (Å²) in [6, 6.07) is 17.9. The number of hydrogen-bond acceptors (Lipinski definition) is 4. The molecule has 1 heterocycles. The minimum atomic E-state index is -0.138. The molecular formula is C25H30N4O2. The predicted octanol–water partition coefficient (Wildman–Crippen LogP) is 3.93. The molecule has 3 rings (SSSR count). The fourth-order valence-electron chi connectivity index (χ4n) is 3.58. The van der Waals surface area contributed by atoms with Gasteiger partial charge in [-0.3, -0.25) is 4.79 Å². The van der Waals surface area contributed by atoms with Crippen LogP contribution >= 0.6 is 0 Å². The summed E-state index contributed by atoms with van der Waals surface area (Å²) in [6.45, 7) is 4.45. The Morgan fingerprint density at radius 1 is 1.16 bits per heavy atom. The van der Waals surface area contributed by atoms with Gasteiger partial charge < -0.3 is 15.0 Å². The molecule has 2 aromatic carbocycles. The van der Waals surface area contributed by atoms with Crippen LogP contribution in [-0.4, -0.2) is 48.3 Å². The van der Waals surface area contributed by atoms with E-state index in [4.69, 9.17) is 4.74 Å². The van der Waals surface area contributed by atoms with E-state index in [1.54, 1.807) is 13.2 Å². The number of nitrogens with zero attached hydrogens (tertiary/aromatic N) is 3. The van der Waals surface area contributed by atoms with E-state index in [-0.39, 0.29) is 11.9 Å². The van der Waals surface area contributed by atoms with Crippen molar-refractivity contribution < 1.29 is 9.53 Å². The first-order valence-corrected chi connectivity index (χ1v) is 10.3. The number of aryl methyl sites for hydroxylation is 1. The number of methoxy groups -OCH3 is 1. The molecule has 0 fully saturated rings. The zero-order valence-corrected chi connectivity index (χ0v) is 18.8. The van der Waals surface area contributed by atoms with Gasteiger partial charge in [-0.05, 0) is 63.8 Å². The van der Waals surface area contributed by atoms with Crippen molar-refractivity contribution in [1.82, 2.24) is 20.0 Å². The molecule has 0 saturated heterocycles. The maximum absolute atomic E-state index is 12.5. The quantitative estimate of drug-likeness (QED) is 0.563. The lowest BCUT2D eigenvalue weighted by Crippen LogP contribution is -2.33. The van der Waals surface area contributed by atoms with Gasteiger partial charge in [-0.25, -0.2) is 4.68 Å². The normalized spacial score (nSPS) is 12.3. The highest BCUT2D eigenvalue weighted by Gasteiger charge is 2.16. The van der Waals surface area contributed by atoms with Crippen LogP contribution in [0.3, 0.4) is 0 Å². The van der Waals surface area contributed by atoms with Gasteiger partial charge in [0.2, 0.25) is 5.91 Å². The van der Waals surface area contributed by atoms with Crippen LogP contribution in [0.5, 0.6) is 5.75 Å². The lowest BCUT2D eigenvalue weighted by molar-refractivity contribution is -0.116. The van der Waals surface area contributed by atoms with Crippen LogP contribution in [0.25, 0.3) is 11.8 Å². The molecule has 0 saturated carbocycles. The summed E-state index contributed by atoms with van der Waals surface area (Å²) in [4.78, 5) is 14.6. The highest BCUT2D eigenvalue weighted by molar-refractivity contribution is 5.92. The minimum absolute atomic E-state index is 0.0387. The average Bonchev–Trinajstić information content (AvgIpc) is 3.06. The number of para-hydroxylation sites is 1. The fourth-order valence-corrected chi connectivity index (χ4v) is 3.58. The van der Waals surface area contributed by atoms with Gasteiger partial charge in [-0.15, -0.1) is 0 Å². The van der Waals surface area contributed by atoms with Crippen LogP contribution in [-0.2, 0) is 4.79 Å². The zero-order chi connectivity index (χ0) is 22.4. The smallest absolute Gasteiger partial charge is 0.244 e. The van der Waals surface area contributed by atoms with Crippen LogP contribution in [0, 0.1) is 13.8 Å². The number of carbonyl (C=O) groups excluding carboxylic acids is 1. The molecule has 1 atom stereocenters. The number of ether oxygens (including phenoxy) is 1. The molecule has 6 nitrogen and oxygen atoms in total. The van der Waals surface area contributed by atoms with E-state index in [2.05, 4.69) is 15.3 Å². The SMILES string of the molecule is COc1cccc(C(CNC(=O)/C=C/c2c(C)nn(-c3ccccc3)c2C)N(C)C)c1. The minimum Gasteiger partial charge on any atom is -0.497 e. The van der Waals surface area contributed by atoms with Crippen LogP contribution in [0.1, 0.15) is 28.6 Å². The molecule has 0 aliphatic heterocycles. The molecule has 6 heteroatoms. The number of carbonyl (C=O) groups is 1. The Balaban J connectivity index is 1.69. The standard InChI is InChI=1S/C25H30N4O2/c1-18-23(19(2)29(27-18)21-11-7-6-8-12-21)14-15-25(30)26-17-24(28(3)4)20-10-9-13-22(16-20)31-5/h6-16,24H,17H2,1-5H3,(H,26,30)/b15-14+. The monoisotopic (exact) mass is 418 g/mol. The summed E-state index contributed by atoms with van der Waals surface area (Å²) >= 11 is 0. The molecule has 3 aromatic rings. The van der Waals surface area contributed by atoms with Gasteiger partial charge in [0.15, 0.2) is 0 Å². The number of amides is 1. The Morgan fingerprint density at radius 3 is 2.58 bits per heavy atom. The molecule has 1 amide bonds. The van der Waals surface area contributed by atoms with Gasteiger partial charge in [0.1, 0.15) is 5.75 Å². The topological polar surface area (TPSA) is 59.4 Å². The Labute approximate surface area is 184 Å². The van der Waals surface area contributed by atoms with Gasteiger partial charge in [0.05, 0.1) is 24.5 Å². The first-order valence-electron chi connectivity index (χ1n) is 10.3. The molecule has 1 N–H and O–H groups in total. The summed E-state index contributed by atoms with van der Waals surface area (Å²) in [5.41, 5.74) is 4.92. The van der Waals surface area contributed by atoms with Crippen molar-refractivity contribution >= 4 is 12.0 Å². The van der Waals surface area contributed by atoms with E-state index in [1.165, 1.54) is 0 Å². The first-order chi connectivity index (χ1) is 14.9. The van der Waals surface area contributed by atoms with Gasteiger partial charge in [0.25, 0.3) is 0 Å². The van der Waals surface area contributed by atoms with Crippen molar-refractivity contribution in [2.75, 3.05) is 27.7 Å². The highest BCUT2D eigenvalue weighted by atomic mass is 16.5. The summed E-state index contributed by atoms with van der Waals surface area (Å²) in [5, 5.41) is 7.64. The Kier molecular flexibility index (Phi) is 7.26. The molecular weight excluding hydrogens is 388 g/mol. The number of hydrogen-bond donors (Lipinski definition) is 1. The van der Waals surface area contributed by atoms with Crippen LogP contribution in [0.2, 0.25) is 0 Å². The third kappa shape index (κ3) is 5.41. The fraction of sp³-hybridized carbons (Fsp3) is 0.280. The van der Waals surface area contributed by atoms with E-state index >= 15 is 0 Å². The molecule has 0 aliphatic carbocycles. The number of nitrogens with one attached hydrogen (secondary N) is 1. The third-order valence-electron chi connectivity index (χ3n) is 5.32. The average molecular weight is 419 g/mol. The molecule has 0 spiro atoms. The molecule has 1 unspecified atom stereocenters. The highest BCUT2D eigenvalue weighted by Crippen LogP contribution is 2.22. The number of benzene rings is 2. The maximum atomic E-state index is 12.5. The lowest BCUT2D eigenvalue weighted by atomic mass is 10.1. The summed E-state index contributed by atoms with van der Waals surface area (Å²) < 4.78 is 7.23. The predicted molar refractivity (Wildman–Crippen MR) is 125 cm³/mol. The third-order valence-corrected chi connectivity index (χ3v) is 5.32. The second-order valence-corrected chi connectivity index (χ2v) is 7.67. The molecule has 0 aliphatic rings. The number of rotatable bonds is 8. The van der Waals surface area contributed by atoms with Crippen molar-refractivity contribution in [2.45, 2.75) is 19.9 Å². The van der Waals surface area contributed by atoms with Gasteiger partial charge in [-0.2, -0.15) is 5.10 Å². The maximum Gasteiger partial charge on any atom is 0.244 e. The first kappa shape index (κ1) is 22.3. The largest absolute Gasteiger partial charge is 0.497 e.